The summed E-state index contributed by atoms with van der Waals surface area (Å²) in [6, 6.07) is 4.95. The molecule has 0 radical (unpaired) electrons. The molecule has 5 heteroatoms. The van der Waals surface area contributed by atoms with Crippen molar-refractivity contribution in [3.63, 3.8) is 0 Å². The van der Waals surface area contributed by atoms with Crippen LogP contribution in [0, 0.1) is 5.82 Å². The molecule has 1 N–H and O–H groups in total. The maximum Gasteiger partial charge on any atom is 0.129 e. The molecular weight excluding hydrogens is 377 g/mol. The molecule has 1 aliphatic carbocycles. The molecule has 0 saturated heterocycles. The van der Waals surface area contributed by atoms with Gasteiger partial charge in [0, 0.05) is 21.4 Å². The average molecular weight is 402 g/mol. The van der Waals surface area contributed by atoms with E-state index in [1.54, 1.807) is 12.1 Å². The van der Waals surface area contributed by atoms with Gasteiger partial charge in [0.15, 0.2) is 0 Å². The Morgan fingerprint density at radius 3 is 2.74 bits per heavy atom. The highest BCUT2D eigenvalue weighted by atomic mass is 79.9. The van der Waals surface area contributed by atoms with E-state index in [9.17, 15) is 8.94 Å². The minimum Gasteiger partial charge on any atom is -0.598 e. The zero-order valence-corrected chi connectivity index (χ0v) is 16.4. The molecule has 0 aromatic heterocycles. The predicted molar refractivity (Wildman–Crippen MR) is 99.0 cm³/mol. The van der Waals surface area contributed by atoms with Gasteiger partial charge < -0.3 is 4.55 Å². The summed E-state index contributed by atoms with van der Waals surface area (Å²) in [4.78, 5) is 0. The molecule has 0 heterocycles. The maximum atomic E-state index is 14.5. The highest BCUT2D eigenvalue weighted by Gasteiger charge is 2.36. The van der Waals surface area contributed by atoms with Gasteiger partial charge in [-0.25, -0.2) is 4.39 Å². The van der Waals surface area contributed by atoms with Gasteiger partial charge in [0.2, 0.25) is 0 Å². The minimum atomic E-state index is -1.22. The van der Waals surface area contributed by atoms with Crippen LogP contribution >= 0.6 is 15.9 Å². The number of nitrogens with one attached hydrogen (secondary N) is 1. The maximum absolute atomic E-state index is 14.5. The zero-order valence-electron chi connectivity index (χ0n) is 14.0. The molecule has 23 heavy (non-hydrogen) atoms. The third-order valence-corrected chi connectivity index (χ3v) is 6.24. The smallest absolute Gasteiger partial charge is 0.129 e. The Kier molecular flexibility index (Phi) is 6.72. The van der Waals surface area contributed by atoms with Crippen LogP contribution in [0.1, 0.15) is 58.4 Å². The Bertz CT molecular complexity index is 578. The second kappa shape index (κ2) is 8.15. The summed E-state index contributed by atoms with van der Waals surface area (Å²) in [5.74, 6) is -0.264. The van der Waals surface area contributed by atoms with Gasteiger partial charge in [0.05, 0.1) is 5.54 Å². The van der Waals surface area contributed by atoms with E-state index in [0.29, 0.717) is 12.0 Å². The quantitative estimate of drug-likeness (QED) is 0.514. The van der Waals surface area contributed by atoms with Crippen LogP contribution in [0.3, 0.4) is 0 Å². The molecule has 0 saturated carbocycles. The highest BCUT2D eigenvalue weighted by molar-refractivity contribution is 9.10. The highest BCUT2D eigenvalue weighted by Crippen LogP contribution is 2.36. The van der Waals surface area contributed by atoms with Crippen molar-refractivity contribution in [2.45, 2.75) is 63.7 Å². The first-order chi connectivity index (χ1) is 10.8. The van der Waals surface area contributed by atoms with Crippen molar-refractivity contribution >= 4 is 27.3 Å². The summed E-state index contributed by atoms with van der Waals surface area (Å²) >= 11 is 2.20. The molecule has 0 aliphatic heterocycles. The Balaban J connectivity index is 2.36. The van der Waals surface area contributed by atoms with E-state index in [1.165, 1.54) is 24.5 Å². The van der Waals surface area contributed by atoms with E-state index in [4.69, 9.17) is 0 Å². The van der Waals surface area contributed by atoms with Crippen LogP contribution in [0.25, 0.3) is 0 Å². The van der Waals surface area contributed by atoms with E-state index in [-0.39, 0.29) is 11.1 Å². The predicted octanol–water partition coefficient (Wildman–Crippen LogP) is 5.36. The van der Waals surface area contributed by atoms with Crippen molar-refractivity contribution in [2.24, 2.45) is 0 Å². The zero-order chi connectivity index (χ0) is 17.0. The third-order valence-electron chi connectivity index (χ3n) is 4.24. The first-order valence-corrected chi connectivity index (χ1v) is 10.1. The first-order valence-electron chi connectivity index (χ1n) is 8.13. The van der Waals surface area contributed by atoms with Gasteiger partial charge >= 0.3 is 0 Å². The molecule has 0 fully saturated rings. The van der Waals surface area contributed by atoms with Gasteiger partial charge in [-0.05, 0) is 71.1 Å². The van der Waals surface area contributed by atoms with E-state index >= 15 is 0 Å². The molecule has 2 atom stereocenters. The molecule has 0 amide bonds. The van der Waals surface area contributed by atoms with Crippen LogP contribution in [-0.2, 0) is 16.9 Å². The largest absolute Gasteiger partial charge is 0.598 e. The van der Waals surface area contributed by atoms with Crippen LogP contribution in [0.2, 0.25) is 0 Å². The van der Waals surface area contributed by atoms with Gasteiger partial charge in [-0.2, -0.15) is 0 Å². The molecule has 2 rings (SSSR count). The monoisotopic (exact) mass is 401 g/mol. The van der Waals surface area contributed by atoms with Crippen LogP contribution in [-0.4, -0.2) is 9.80 Å². The summed E-state index contributed by atoms with van der Waals surface area (Å²) in [7, 11) is 0. The summed E-state index contributed by atoms with van der Waals surface area (Å²) in [6.45, 7) is 5.76. The molecule has 128 valence electrons. The fourth-order valence-corrected chi connectivity index (χ4v) is 4.19. The summed E-state index contributed by atoms with van der Waals surface area (Å²) < 4.78 is 30.9. The van der Waals surface area contributed by atoms with Gasteiger partial charge in [-0.3, -0.25) is 0 Å². The number of hydrogen-bond acceptors (Lipinski definition) is 2. The summed E-state index contributed by atoms with van der Waals surface area (Å²) in [5.41, 5.74) is 1.20. The topological polar surface area (TPSA) is 35.1 Å². The summed E-state index contributed by atoms with van der Waals surface area (Å²) in [5, 5.41) is -0.0233. The number of allylic oxidation sites excluding steroid dienone is 1. The van der Waals surface area contributed by atoms with Crippen LogP contribution in [0.5, 0.6) is 0 Å². The molecule has 1 aromatic carbocycles. The van der Waals surface area contributed by atoms with Crippen LogP contribution in [0.4, 0.5) is 4.39 Å². The SMILES string of the molecule is CC(C)[S+]([O-])NC(C)(CC1=CCCCC1)c1cc(Br)ccc1F. The molecule has 2 unspecified atom stereocenters. The van der Waals surface area contributed by atoms with Gasteiger partial charge in [0.1, 0.15) is 11.1 Å². The fraction of sp³-hybridized carbons (Fsp3) is 0.556. The van der Waals surface area contributed by atoms with Crippen LogP contribution in [0.15, 0.2) is 34.3 Å². The fourth-order valence-electron chi connectivity index (χ4n) is 2.97. The Labute approximate surface area is 150 Å². The standard InChI is InChI=1S/C18H25BrFNOS/c1-13(2)23(22)21-18(3,12-14-7-5-4-6-8-14)16-11-15(19)9-10-17(16)20/h7,9-11,13,21H,4-6,8,12H2,1-3H3. The average Bonchev–Trinajstić information content (AvgIpc) is 2.50. The first kappa shape index (κ1) is 19.0. The molecule has 1 aliphatic rings. The lowest BCUT2D eigenvalue weighted by atomic mass is 9.83. The van der Waals surface area contributed by atoms with Crippen molar-refractivity contribution in [1.29, 1.82) is 0 Å². The Morgan fingerprint density at radius 2 is 2.13 bits per heavy atom. The summed E-state index contributed by atoms with van der Waals surface area (Å²) in [6.07, 6.45) is 7.46. The lowest BCUT2D eigenvalue weighted by Crippen LogP contribution is -2.47. The van der Waals surface area contributed by atoms with Crippen molar-refractivity contribution < 1.29 is 8.94 Å². The Morgan fingerprint density at radius 1 is 1.39 bits per heavy atom. The van der Waals surface area contributed by atoms with E-state index in [2.05, 4.69) is 26.7 Å². The van der Waals surface area contributed by atoms with Gasteiger partial charge in [-0.1, -0.05) is 27.6 Å². The normalized spacial score (nSPS) is 19.3. The van der Waals surface area contributed by atoms with Crippen LogP contribution < -0.4 is 4.72 Å². The number of benzene rings is 1. The number of rotatable bonds is 6. The van der Waals surface area contributed by atoms with Gasteiger partial charge in [0.25, 0.3) is 0 Å². The molecule has 2 nitrogen and oxygen atoms in total. The lowest BCUT2D eigenvalue weighted by Gasteiger charge is -2.34. The van der Waals surface area contributed by atoms with E-state index in [1.807, 2.05) is 20.8 Å². The minimum absolute atomic E-state index is 0.0233. The van der Waals surface area contributed by atoms with Crippen molar-refractivity contribution in [1.82, 2.24) is 4.72 Å². The van der Waals surface area contributed by atoms with Crippen molar-refractivity contribution in [3.8, 4) is 0 Å². The van der Waals surface area contributed by atoms with E-state index in [0.717, 1.165) is 17.3 Å². The third kappa shape index (κ3) is 5.05. The van der Waals surface area contributed by atoms with E-state index < -0.39 is 16.9 Å². The molecule has 0 spiro atoms. The van der Waals surface area contributed by atoms with Gasteiger partial charge in [-0.15, -0.1) is 4.72 Å². The second-order valence-electron chi connectivity index (χ2n) is 6.69. The Hall–Kier alpha value is -0.360. The molecule has 0 bridgehead atoms. The lowest BCUT2D eigenvalue weighted by molar-refractivity contribution is 0.396. The van der Waals surface area contributed by atoms with Crippen molar-refractivity contribution in [3.05, 3.63) is 45.7 Å². The van der Waals surface area contributed by atoms with Crippen molar-refractivity contribution in [2.75, 3.05) is 0 Å². The second-order valence-corrected chi connectivity index (χ2v) is 9.35. The number of halogens is 2. The number of hydrogen-bond donors (Lipinski definition) is 1. The molecular formula is C18H25BrFNOS. The molecule has 1 aromatic rings.